The van der Waals surface area contributed by atoms with E-state index in [2.05, 4.69) is 36.9 Å². The van der Waals surface area contributed by atoms with E-state index >= 15 is 0 Å². The molecule has 5 aromatic carbocycles. The number of unbranched alkanes of at least 4 members (excludes halogenated alkanes) is 1. The largest absolute Gasteiger partial charge is 0.274 e. The number of amides is 4. The molecule has 1 aromatic heterocycles. The number of carbonyl (C=O) groups is 4. The van der Waals surface area contributed by atoms with Crippen LogP contribution in [-0.2, 0) is 13.1 Å². The third-order valence-electron chi connectivity index (χ3n) is 10.7. The highest BCUT2D eigenvalue weighted by atomic mass is 35.5. The van der Waals surface area contributed by atoms with Gasteiger partial charge in [0.05, 0.1) is 43.1 Å². The van der Waals surface area contributed by atoms with Gasteiger partial charge >= 0.3 is 0 Å². The minimum atomic E-state index is -1.42. The van der Waals surface area contributed by atoms with E-state index in [-0.39, 0.29) is 55.4 Å². The van der Waals surface area contributed by atoms with Crippen molar-refractivity contribution >= 4 is 121 Å². The van der Waals surface area contributed by atoms with Gasteiger partial charge in [-0.05, 0) is 50.1 Å². The van der Waals surface area contributed by atoms with Crippen molar-refractivity contribution in [1.29, 1.82) is 0 Å². The number of allylic oxidation sites excluding steroid dienone is 1. The van der Waals surface area contributed by atoms with E-state index in [4.69, 9.17) is 46.4 Å². The third-order valence-corrected chi connectivity index (χ3v) is 15.1. The molecule has 0 saturated carbocycles. The molecule has 54 heavy (non-hydrogen) atoms. The quantitative estimate of drug-likeness (QED) is 0.0424. The van der Waals surface area contributed by atoms with Gasteiger partial charge in [-0.2, -0.15) is 0 Å². The second-order valence-corrected chi connectivity index (χ2v) is 22.1. The zero-order valence-electron chi connectivity index (χ0n) is 30.1. The maximum atomic E-state index is 14.3. The summed E-state index contributed by atoms with van der Waals surface area (Å²) in [4.78, 5) is 58.5. The normalized spacial score (nSPS) is 14.7. The fourth-order valence-corrected chi connectivity index (χ4v) is 12.6. The number of benzene rings is 5. The van der Waals surface area contributed by atoms with Crippen LogP contribution in [0.4, 0.5) is 0 Å². The van der Waals surface area contributed by atoms with Gasteiger partial charge in [-0.3, -0.25) is 33.7 Å². The number of aryl methyl sites for hydroxylation is 1. The summed E-state index contributed by atoms with van der Waals surface area (Å²) in [6.07, 6.45) is 4.14. The van der Waals surface area contributed by atoms with Crippen LogP contribution in [0.2, 0.25) is 45.3 Å². The Morgan fingerprint density at radius 3 is 1.54 bits per heavy atom. The summed E-state index contributed by atoms with van der Waals surface area (Å²) in [6, 6.07) is 8.37. The van der Waals surface area contributed by atoms with Gasteiger partial charge in [0.2, 0.25) is 0 Å². The van der Waals surface area contributed by atoms with Gasteiger partial charge in [0.25, 0.3) is 23.6 Å². The molecule has 0 saturated heterocycles. The van der Waals surface area contributed by atoms with E-state index < -0.39 is 31.7 Å². The Hall–Kier alpha value is -4.06. The number of hydrogen-bond acceptors (Lipinski definition) is 6. The topological polar surface area (TPSA) is 105 Å². The van der Waals surface area contributed by atoms with Crippen LogP contribution < -0.4 is 0 Å². The van der Waals surface area contributed by atoms with Gasteiger partial charge in [-0.1, -0.05) is 89.7 Å². The zero-order chi connectivity index (χ0) is 38.5. The van der Waals surface area contributed by atoms with Gasteiger partial charge in [-0.15, -0.1) is 11.7 Å². The zero-order valence-corrected chi connectivity index (χ0v) is 34.2. The number of carbonyl (C=O) groups excluding carboxylic acids is 4. The molecule has 9 nitrogen and oxygen atoms in total. The highest BCUT2D eigenvalue weighted by Crippen LogP contribution is 2.53. The fraction of sp³-hybridized carbons (Fsp3) is 0.300. The molecule has 0 spiro atoms. The van der Waals surface area contributed by atoms with E-state index in [1.165, 1.54) is 22.6 Å². The first kappa shape index (κ1) is 36.9. The van der Waals surface area contributed by atoms with Crippen molar-refractivity contribution in [2.75, 3.05) is 6.54 Å². The molecule has 2 aliphatic heterocycles. The lowest BCUT2D eigenvalue weighted by atomic mass is 9.82. The highest BCUT2D eigenvalue weighted by molar-refractivity contribution is 6.77. The fourth-order valence-electron chi connectivity index (χ4n) is 8.53. The maximum absolute atomic E-state index is 14.3. The number of aromatic nitrogens is 3. The SMILES string of the molecule is C=C(C)C[Si](C)(C)CCCn1cc(CN2C(=O)c3cc(Cl)c4c5c(Cl)cc6c7c(cc(Cl)c(c8c(Cl)cc(c3c48)C2=O)c75)C(=O)N(CCCC)C6=O)nn1. The van der Waals surface area contributed by atoms with Crippen LogP contribution in [0.5, 0.6) is 0 Å². The second kappa shape index (κ2) is 13.3. The van der Waals surface area contributed by atoms with E-state index in [0.717, 1.165) is 29.8 Å². The molecule has 3 heterocycles. The van der Waals surface area contributed by atoms with E-state index in [1.54, 1.807) is 23.0 Å². The molecule has 4 amide bonds. The van der Waals surface area contributed by atoms with Crippen molar-refractivity contribution in [3.8, 4) is 0 Å². The minimum Gasteiger partial charge on any atom is -0.274 e. The van der Waals surface area contributed by atoms with Crippen LogP contribution in [0, 0.1) is 0 Å². The first-order chi connectivity index (χ1) is 25.6. The number of fused-ring (bicyclic) bond motifs is 2. The number of hydrogen-bond donors (Lipinski definition) is 0. The van der Waals surface area contributed by atoms with Crippen molar-refractivity contribution in [1.82, 2.24) is 24.8 Å². The first-order valence-corrected chi connectivity index (χ1v) is 22.8. The Morgan fingerprint density at radius 1 is 0.667 bits per heavy atom. The summed E-state index contributed by atoms with van der Waals surface area (Å²) in [5.41, 5.74) is 2.64. The molecule has 14 heteroatoms. The van der Waals surface area contributed by atoms with Crippen LogP contribution in [0.3, 0.4) is 0 Å². The summed E-state index contributed by atoms with van der Waals surface area (Å²) in [7, 11) is -1.42. The molecule has 0 unspecified atom stereocenters. The maximum Gasteiger partial charge on any atom is 0.261 e. The van der Waals surface area contributed by atoms with Crippen molar-refractivity contribution in [2.24, 2.45) is 0 Å². The van der Waals surface area contributed by atoms with Crippen molar-refractivity contribution in [2.45, 2.75) is 71.4 Å². The Kier molecular flexibility index (Phi) is 9.09. The lowest BCUT2D eigenvalue weighted by Crippen LogP contribution is -2.41. The van der Waals surface area contributed by atoms with E-state index in [0.29, 0.717) is 61.7 Å². The van der Waals surface area contributed by atoms with Crippen LogP contribution in [0.1, 0.15) is 80.2 Å². The van der Waals surface area contributed by atoms with Crippen LogP contribution >= 0.6 is 46.4 Å². The Labute approximate surface area is 332 Å². The van der Waals surface area contributed by atoms with E-state index in [9.17, 15) is 19.2 Å². The summed E-state index contributed by atoms with van der Waals surface area (Å²) >= 11 is 28.4. The molecule has 0 aliphatic carbocycles. The van der Waals surface area contributed by atoms with Gasteiger partial charge in [0.1, 0.15) is 5.69 Å². The molecule has 0 fully saturated rings. The Morgan fingerprint density at radius 2 is 1.11 bits per heavy atom. The van der Waals surface area contributed by atoms with Crippen LogP contribution in [0.15, 0.2) is 42.6 Å². The average Bonchev–Trinajstić information content (AvgIpc) is 3.55. The van der Waals surface area contributed by atoms with Crippen molar-refractivity contribution in [3.05, 3.63) is 90.7 Å². The molecule has 0 radical (unpaired) electrons. The molecule has 0 N–H and O–H groups in total. The van der Waals surface area contributed by atoms with Gasteiger partial charge in [-0.25, -0.2) is 0 Å². The van der Waals surface area contributed by atoms with Crippen molar-refractivity contribution < 1.29 is 19.2 Å². The van der Waals surface area contributed by atoms with Crippen LogP contribution in [-0.4, -0.2) is 63.0 Å². The smallest absolute Gasteiger partial charge is 0.261 e. The molecule has 0 atom stereocenters. The number of halogens is 4. The molecule has 0 bridgehead atoms. The van der Waals surface area contributed by atoms with Gasteiger partial charge < -0.3 is 0 Å². The molecule has 6 aromatic rings. The summed E-state index contributed by atoms with van der Waals surface area (Å²) < 4.78 is 1.75. The molecule has 8 rings (SSSR count). The predicted octanol–water partition coefficient (Wildman–Crippen LogP) is 10.8. The second-order valence-electron chi connectivity index (χ2n) is 15.3. The molecule has 2 aliphatic rings. The minimum absolute atomic E-state index is 0.101. The lowest BCUT2D eigenvalue weighted by Gasteiger charge is -2.31. The summed E-state index contributed by atoms with van der Waals surface area (Å²) in [5.74, 6) is -1.99. The monoisotopic (exact) mass is 817 g/mol. The number of rotatable bonds is 11. The highest BCUT2D eigenvalue weighted by Gasteiger charge is 2.39. The van der Waals surface area contributed by atoms with Gasteiger partial charge in [0.15, 0.2) is 0 Å². The molecule has 276 valence electrons. The first-order valence-electron chi connectivity index (χ1n) is 17.9. The van der Waals surface area contributed by atoms with Crippen LogP contribution in [0.25, 0.3) is 43.1 Å². The van der Waals surface area contributed by atoms with Gasteiger partial charge in [0, 0.05) is 76.3 Å². The number of nitrogens with zero attached hydrogens (tertiary/aromatic N) is 5. The van der Waals surface area contributed by atoms with Crippen molar-refractivity contribution in [3.63, 3.8) is 0 Å². The molecular formula is C40H35Cl4N5O4Si. The third kappa shape index (κ3) is 5.63. The predicted molar refractivity (Wildman–Crippen MR) is 219 cm³/mol. The Balaban J connectivity index is 1.24. The Bertz CT molecular complexity index is 2560. The van der Waals surface area contributed by atoms with E-state index in [1.807, 2.05) is 6.92 Å². The number of imide groups is 2. The summed E-state index contributed by atoms with van der Waals surface area (Å²) in [5, 5.41) is 12.8. The lowest BCUT2D eigenvalue weighted by molar-refractivity contribution is 0.0586. The molecular weight excluding hydrogens is 784 g/mol. The average molecular weight is 820 g/mol. The standard InChI is InChI=1S/C40H35Cl4N5O4Si/c1-6-7-10-48-37(50)21-12-25(41)31-33-27(43)14-23-30-24(15-28(44)34(36(30)33)32-26(42)13-22(38(48)51)29(21)35(31)32)40(53)49(39(23)52)17-20-16-47(46-45-20)9-8-11-54(4,5)18-19(2)3/h12-16H,2,6-11,17-18H2,1,3-5H3. The summed E-state index contributed by atoms with van der Waals surface area (Å²) in [6.45, 7) is 13.7.